The molecule has 0 aromatic heterocycles. The van der Waals surface area contributed by atoms with E-state index >= 15 is 0 Å². The highest BCUT2D eigenvalue weighted by atomic mass is 16.4. The second-order valence-corrected chi connectivity index (χ2v) is 4.81. The van der Waals surface area contributed by atoms with Gasteiger partial charge in [0.1, 0.15) is 0 Å². The fourth-order valence-corrected chi connectivity index (χ4v) is 1.98. The van der Waals surface area contributed by atoms with Gasteiger partial charge in [-0.1, -0.05) is 31.5 Å². The normalized spacial score (nSPS) is 14.2. The first-order chi connectivity index (χ1) is 8.46. The smallest absolute Gasteiger partial charge is 0.336 e. The lowest BCUT2D eigenvalue weighted by atomic mass is 10.0. The van der Waals surface area contributed by atoms with E-state index in [9.17, 15) is 9.90 Å². The summed E-state index contributed by atoms with van der Waals surface area (Å²) in [5.74, 6) is -0.923. The molecule has 0 radical (unpaired) electrons. The molecule has 1 unspecified atom stereocenters. The van der Waals surface area contributed by atoms with Crippen molar-refractivity contribution in [2.45, 2.75) is 38.8 Å². The number of hydrogen-bond acceptors (Lipinski definition) is 3. The maximum Gasteiger partial charge on any atom is 0.336 e. The van der Waals surface area contributed by atoms with Gasteiger partial charge < -0.3 is 15.5 Å². The number of carboxylic acids is 1. The van der Waals surface area contributed by atoms with Crippen LogP contribution in [0.1, 0.15) is 42.6 Å². The Balaban J connectivity index is 2.56. The summed E-state index contributed by atoms with van der Waals surface area (Å²) in [4.78, 5) is 11.0. The summed E-state index contributed by atoms with van der Waals surface area (Å²) in [6.45, 7) is 4.71. The Morgan fingerprint density at radius 3 is 2.67 bits per heavy atom. The van der Waals surface area contributed by atoms with Crippen molar-refractivity contribution in [3.8, 4) is 0 Å². The second-order valence-electron chi connectivity index (χ2n) is 4.81. The average Bonchev–Trinajstić information content (AvgIpc) is 2.29. The molecule has 0 heterocycles. The van der Waals surface area contributed by atoms with Crippen LogP contribution in [-0.2, 0) is 6.54 Å². The number of aliphatic hydroxyl groups is 1. The zero-order valence-corrected chi connectivity index (χ0v) is 10.9. The highest BCUT2D eigenvalue weighted by Gasteiger charge is 2.18. The van der Waals surface area contributed by atoms with Crippen LogP contribution in [0.2, 0.25) is 0 Å². The van der Waals surface area contributed by atoms with Crippen molar-refractivity contribution in [3.05, 3.63) is 35.4 Å². The summed E-state index contributed by atoms with van der Waals surface area (Å²) >= 11 is 0. The van der Waals surface area contributed by atoms with Crippen LogP contribution < -0.4 is 5.32 Å². The third-order valence-corrected chi connectivity index (χ3v) is 2.86. The summed E-state index contributed by atoms with van der Waals surface area (Å²) in [6, 6.07) is 6.89. The van der Waals surface area contributed by atoms with Crippen LogP contribution in [0.5, 0.6) is 0 Å². The number of carbonyl (C=O) groups is 1. The minimum atomic E-state index is -0.923. The average molecular weight is 251 g/mol. The van der Waals surface area contributed by atoms with Gasteiger partial charge in [-0.05, 0) is 25.0 Å². The van der Waals surface area contributed by atoms with E-state index in [-0.39, 0.29) is 0 Å². The molecule has 3 N–H and O–H groups in total. The molecule has 4 heteroatoms. The first-order valence-electron chi connectivity index (χ1n) is 6.20. The molecular formula is C14H21NO3. The van der Waals surface area contributed by atoms with Crippen molar-refractivity contribution in [2.75, 3.05) is 6.54 Å². The molecule has 1 aromatic rings. The first-order valence-corrected chi connectivity index (χ1v) is 6.20. The largest absolute Gasteiger partial charge is 0.478 e. The van der Waals surface area contributed by atoms with Crippen molar-refractivity contribution < 1.29 is 15.0 Å². The summed E-state index contributed by atoms with van der Waals surface area (Å²) in [7, 11) is 0. The SMILES string of the molecule is CCCC(C)(O)CNCc1ccccc1C(=O)O. The highest BCUT2D eigenvalue weighted by Crippen LogP contribution is 2.12. The van der Waals surface area contributed by atoms with Gasteiger partial charge in [0.2, 0.25) is 0 Å². The lowest BCUT2D eigenvalue weighted by Crippen LogP contribution is -2.37. The quantitative estimate of drug-likeness (QED) is 0.693. The van der Waals surface area contributed by atoms with Crippen molar-refractivity contribution in [1.82, 2.24) is 5.32 Å². The summed E-state index contributed by atoms with van der Waals surface area (Å²) < 4.78 is 0. The van der Waals surface area contributed by atoms with E-state index in [1.165, 1.54) is 0 Å². The van der Waals surface area contributed by atoms with E-state index < -0.39 is 11.6 Å². The van der Waals surface area contributed by atoms with Gasteiger partial charge in [-0.15, -0.1) is 0 Å². The minimum absolute atomic E-state index is 0.306. The van der Waals surface area contributed by atoms with E-state index in [0.29, 0.717) is 18.7 Å². The third-order valence-electron chi connectivity index (χ3n) is 2.86. The molecule has 0 fully saturated rings. The van der Waals surface area contributed by atoms with Gasteiger partial charge in [-0.3, -0.25) is 0 Å². The van der Waals surface area contributed by atoms with Gasteiger partial charge in [-0.2, -0.15) is 0 Å². The summed E-state index contributed by atoms with van der Waals surface area (Å²) in [6.07, 6.45) is 1.64. The Kier molecular flexibility index (Phi) is 5.31. The fraction of sp³-hybridized carbons (Fsp3) is 0.500. The molecule has 0 spiro atoms. The van der Waals surface area contributed by atoms with E-state index in [1.807, 2.05) is 13.0 Å². The number of hydrogen-bond donors (Lipinski definition) is 3. The maximum atomic E-state index is 11.0. The van der Waals surface area contributed by atoms with Gasteiger partial charge in [0.15, 0.2) is 0 Å². The molecule has 0 aliphatic heterocycles. The lowest BCUT2D eigenvalue weighted by Gasteiger charge is -2.23. The molecule has 0 saturated heterocycles. The van der Waals surface area contributed by atoms with Gasteiger partial charge in [0.05, 0.1) is 11.2 Å². The number of nitrogens with one attached hydrogen (secondary N) is 1. The molecule has 1 atom stereocenters. The number of carboxylic acid groups (broad SMARTS) is 1. The number of aromatic carboxylic acids is 1. The molecule has 0 amide bonds. The van der Waals surface area contributed by atoms with E-state index in [2.05, 4.69) is 5.32 Å². The van der Waals surface area contributed by atoms with Gasteiger partial charge >= 0.3 is 5.97 Å². The van der Waals surface area contributed by atoms with E-state index in [0.717, 1.165) is 18.4 Å². The van der Waals surface area contributed by atoms with Crippen molar-refractivity contribution >= 4 is 5.97 Å². The Morgan fingerprint density at radius 2 is 2.06 bits per heavy atom. The van der Waals surface area contributed by atoms with Crippen LogP contribution in [0.15, 0.2) is 24.3 Å². The van der Waals surface area contributed by atoms with Crippen molar-refractivity contribution in [2.24, 2.45) is 0 Å². The number of benzene rings is 1. The topological polar surface area (TPSA) is 69.6 Å². The molecule has 4 nitrogen and oxygen atoms in total. The lowest BCUT2D eigenvalue weighted by molar-refractivity contribution is 0.0498. The minimum Gasteiger partial charge on any atom is -0.478 e. The van der Waals surface area contributed by atoms with Crippen LogP contribution >= 0.6 is 0 Å². The first kappa shape index (κ1) is 14.7. The van der Waals surface area contributed by atoms with Crippen molar-refractivity contribution in [3.63, 3.8) is 0 Å². The second kappa shape index (κ2) is 6.52. The third kappa shape index (κ3) is 4.47. The van der Waals surface area contributed by atoms with Gasteiger partial charge in [0, 0.05) is 13.1 Å². The van der Waals surface area contributed by atoms with Crippen LogP contribution in [0.25, 0.3) is 0 Å². The van der Waals surface area contributed by atoms with Gasteiger partial charge in [0.25, 0.3) is 0 Å². The molecule has 0 saturated carbocycles. The zero-order valence-electron chi connectivity index (χ0n) is 10.9. The van der Waals surface area contributed by atoms with Crippen LogP contribution in [-0.4, -0.2) is 28.3 Å². The zero-order chi connectivity index (χ0) is 13.6. The Labute approximate surface area is 108 Å². The number of rotatable bonds is 7. The highest BCUT2D eigenvalue weighted by molar-refractivity contribution is 5.89. The standard InChI is InChI=1S/C14H21NO3/c1-3-8-14(2,18)10-15-9-11-6-4-5-7-12(11)13(16)17/h4-7,15,18H,3,8-10H2,1-2H3,(H,16,17). The maximum absolute atomic E-state index is 11.0. The molecule has 100 valence electrons. The molecule has 1 rings (SSSR count). The molecule has 1 aromatic carbocycles. The van der Waals surface area contributed by atoms with Crippen LogP contribution in [0, 0.1) is 0 Å². The molecule has 0 aliphatic rings. The molecule has 0 bridgehead atoms. The predicted octanol–water partition coefficient (Wildman–Crippen LogP) is 2.03. The molecular weight excluding hydrogens is 230 g/mol. The summed E-state index contributed by atoms with van der Waals surface area (Å²) in [5.41, 5.74) is 0.296. The van der Waals surface area contributed by atoms with E-state index in [4.69, 9.17) is 5.11 Å². The van der Waals surface area contributed by atoms with Gasteiger partial charge in [-0.25, -0.2) is 4.79 Å². The summed E-state index contributed by atoms with van der Waals surface area (Å²) in [5, 5.41) is 22.1. The Hall–Kier alpha value is -1.39. The van der Waals surface area contributed by atoms with Crippen LogP contribution in [0.4, 0.5) is 0 Å². The monoisotopic (exact) mass is 251 g/mol. The van der Waals surface area contributed by atoms with Crippen LogP contribution in [0.3, 0.4) is 0 Å². The van der Waals surface area contributed by atoms with E-state index in [1.54, 1.807) is 25.1 Å². The molecule has 18 heavy (non-hydrogen) atoms. The predicted molar refractivity (Wildman–Crippen MR) is 70.6 cm³/mol. The Morgan fingerprint density at radius 1 is 1.39 bits per heavy atom. The van der Waals surface area contributed by atoms with Crippen molar-refractivity contribution in [1.29, 1.82) is 0 Å². The molecule has 0 aliphatic carbocycles. The Bertz CT molecular complexity index is 402. The fourth-order valence-electron chi connectivity index (χ4n) is 1.98.